The quantitative estimate of drug-likeness (QED) is 0.764. The lowest BCUT2D eigenvalue weighted by atomic mass is 9.76. The zero-order chi connectivity index (χ0) is 11.6. The van der Waals surface area contributed by atoms with Crippen LogP contribution in [0.2, 0.25) is 0 Å². The molecule has 1 unspecified atom stereocenters. The lowest BCUT2D eigenvalue weighted by molar-refractivity contribution is -0.115. The first-order valence-corrected chi connectivity index (χ1v) is 5.25. The van der Waals surface area contributed by atoms with Crippen LogP contribution in [0.25, 0.3) is 0 Å². The minimum Gasteiger partial charge on any atom is -0.378 e. The Bertz CT molecular complexity index is 392. The van der Waals surface area contributed by atoms with Crippen molar-refractivity contribution in [2.45, 2.75) is 6.04 Å². The smallest absolute Gasteiger partial charge is 0.123 e. The maximum absolute atomic E-state index is 9.34. The highest BCUT2D eigenvalue weighted by atomic mass is 16.5. The van der Waals surface area contributed by atoms with Gasteiger partial charge in [-0.2, -0.15) is 5.26 Å². The first-order chi connectivity index (χ1) is 7.69. The molecule has 0 saturated carbocycles. The fourth-order valence-corrected chi connectivity index (χ4v) is 2.25. The molecule has 2 rings (SSSR count). The summed E-state index contributed by atoms with van der Waals surface area (Å²) < 4.78 is 5.21. The highest BCUT2D eigenvalue weighted by molar-refractivity contribution is 5.24. The van der Waals surface area contributed by atoms with Crippen molar-refractivity contribution in [3.8, 4) is 6.07 Å². The van der Waals surface area contributed by atoms with Crippen LogP contribution in [0.15, 0.2) is 24.5 Å². The number of pyridine rings is 1. The minimum absolute atomic E-state index is 0.0416. The zero-order valence-corrected chi connectivity index (χ0v) is 9.55. The standard InChI is InChI=1S/C12H15N3O/c1-15(2)11(10-4-3-5-14-6-10)12(7-13)8-16-9-12/h3-6,11H,8-9H2,1-2H3. The monoisotopic (exact) mass is 217 g/mol. The summed E-state index contributed by atoms with van der Waals surface area (Å²) in [4.78, 5) is 6.18. The van der Waals surface area contributed by atoms with Crippen LogP contribution in [-0.4, -0.2) is 37.2 Å². The average molecular weight is 217 g/mol. The molecule has 0 amide bonds. The molecule has 0 aliphatic carbocycles. The highest BCUT2D eigenvalue weighted by Crippen LogP contribution is 2.42. The van der Waals surface area contributed by atoms with E-state index in [1.807, 2.05) is 32.4 Å². The number of hydrogen-bond acceptors (Lipinski definition) is 4. The van der Waals surface area contributed by atoms with Crippen molar-refractivity contribution in [2.75, 3.05) is 27.3 Å². The van der Waals surface area contributed by atoms with Gasteiger partial charge in [-0.25, -0.2) is 0 Å². The Labute approximate surface area is 95.5 Å². The van der Waals surface area contributed by atoms with Gasteiger partial charge in [-0.1, -0.05) is 6.07 Å². The van der Waals surface area contributed by atoms with Gasteiger partial charge in [-0.15, -0.1) is 0 Å². The number of hydrogen-bond donors (Lipinski definition) is 0. The van der Waals surface area contributed by atoms with Crippen molar-refractivity contribution in [1.82, 2.24) is 9.88 Å². The fourth-order valence-electron chi connectivity index (χ4n) is 2.25. The van der Waals surface area contributed by atoms with Gasteiger partial charge in [0.05, 0.1) is 25.3 Å². The normalized spacial score (nSPS) is 19.9. The van der Waals surface area contributed by atoms with E-state index in [4.69, 9.17) is 4.74 Å². The number of nitriles is 1. The number of nitrogens with zero attached hydrogens (tertiary/aromatic N) is 3. The number of ether oxygens (including phenoxy) is 1. The molecule has 1 atom stereocenters. The van der Waals surface area contributed by atoms with E-state index in [0.29, 0.717) is 13.2 Å². The Morgan fingerprint density at radius 1 is 1.56 bits per heavy atom. The van der Waals surface area contributed by atoms with Gasteiger partial charge in [-0.05, 0) is 25.7 Å². The molecule has 0 radical (unpaired) electrons. The molecule has 1 aromatic heterocycles. The van der Waals surface area contributed by atoms with Crippen LogP contribution in [0, 0.1) is 16.7 Å². The zero-order valence-electron chi connectivity index (χ0n) is 9.55. The molecule has 1 aliphatic rings. The largest absolute Gasteiger partial charge is 0.378 e. The van der Waals surface area contributed by atoms with Gasteiger partial charge in [0.1, 0.15) is 5.41 Å². The Morgan fingerprint density at radius 3 is 2.69 bits per heavy atom. The van der Waals surface area contributed by atoms with Crippen LogP contribution in [0.1, 0.15) is 11.6 Å². The summed E-state index contributed by atoms with van der Waals surface area (Å²) in [7, 11) is 3.96. The van der Waals surface area contributed by atoms with Gasteiger partial charge in [0.15, 0.2) is 0 Å². The predicted molar refractivity (Wildman–Crippen MR) is 59.5 cm³/mol. The van der Waals surface area contributed by atoms with E-state index < -0.39 is 5.41 Å². The molecule has 4 heteroatoms. The molecular weight excluding hydrogens is 202 g/mol. The Kier molecular flexibility index (Phi) is 2.90. The summed E-state index contributed by atoms with van der Waals surface area (Å²) in [6, 6.07) is 6.35. The predicted octanol–water partition coefficient (Wildman–Crippen LogP) is 1.22. The highest BCUT2D eigenvalue weighted by Gasteiger charge is 2.48. The van der Waals surface area contributed by atoms with E-state index in [-0.39, 0.29) is 6.04 Å². The van der Waals surface area contributed by atoms with Crippen LogP contribution >= 0.6 is 0 Å². The summed E-state index contributed by atoms with van der Waals surface area (Å²) in [5.41, 5.74) is 0.643. The number of rotatable bonds is 3. The molecular formula is C12H15N3O. The van der Waals surface area contributed by atoms with E-state index in [2.05, 4.69) is 16.0 Å². The van der Waals surface area contributed by atoms with Gasteiger partial charge in [0.25, 0.3) is 0 Å². The van der Waals surface area contributed by atoms with Crippen molar-refractivity contribution in [1.29, 1.82) is 5.26 Å². The minimum atomic E-state index is -0.424. The summed E-state index contributed by atoms with van der Waals surface area (Å²) in [6.45, 7) is 1.00. The van der Waals surface area contributed by atoms with Crippen LogP contribution in [0.4, 0.5) is 0 Å². The Hall–Kier alpha value is -1.44. The molecule has 4 nitrogen and oxygen atoms in total. The molecule has 1 aromatic rings. The molecule has 1 fully saturated rings. The van der Waals surface area contributed by atoms with Crippen molar-refractivity contribution < 1.29 is 4.74 Å². The lowest BCUT2D eigenvalue weighted by Gasteiger charge is -2.44. The first kappa shape index (κ1) is 11.1. The topological polar surface area (TPSA) is 49.2 Å². The second-order valence-electron chi connectivity index (χ2n) is 4.41. The van der Waals surface area contributed by atoms with E-state index in [9.17, 15) is 5.26 Å². The molecule has 2 heterocycles. The third-order valence-corrected chi connectivity index (χ3v) is 2.98. The molecule has 0 spiro atoms. The summed E-state index contributed by atoms with van der Waals surface area (Å²) in [6.07, 6.45) is 3.56. The van der Waals surface area contributed by atoms with Crippen molar-refractivity contribution in [2.24, 2.45) is 5.41 Å². The van der Waals surface area contributed by atoms with Crippen LogP contribution in [-0.2, 0) is 4.74 Å². The van der Waals surface area contributed by atoms with Gasteiger partial charge in [0, 0.05) is 12.4 Å². The van der Waals surface area contributed by atoms with E-state index >= 15 is 0 Å². The fraction of sp³-hybridized carbons (Fsp3) is 0.500. The van der Waals surface area contributed by atoms with Gasteiger partial charge < -0.3 is 9.64 Å². The van der Waals surface area contributed by atoms with E-state index in [0.717, 1.165) is 5.56 Å². The molecule has 0 aromatic carbocycles. The third kappa shape index (κ3) is 1.69. The average Bonchev–Trinajstić information content (AvgIpc) is 2.24. The Morgan fingerprint density at radius 2 is 2.31 bits per heavy atom. The second-order valence-corrected chi connectivity index (χ2v) is 4.41. The molecule has 1 aliphatic heterocycles. The lowest BCUT2D eigenvalue weighted by Crippen LogP contribution is -2.50. The van der Waals surface area contributed by atoms with E-state index in [1.54, 1.807) is 6.20 Å². The molecule has 0 N–H and O–H groups in total. The van der Waals surface area contributed by atoms with Crippen LogP contribution in [0.3, 0.4) is 0 Å². The van der Waals surface area contributed by atoms with Gasteiger partial charge >= 0.3 is 0 Å². The number of aromatic nitrogens is 1. The Balaban J connectivity index is 2.36. The van der Waals surface area contributed by atoms with Gasteiger partial charge in [-0.3, -0.25) is 4.98 Å². The van der Waals surface area contributed by atoms with Crippen molar-refractivity contribution in [3.05, 3.63) is 30.1 Å². The second kappa shape index (κ2) is 4.20. The maximum Gasteiger partial charge on any atom is 0.123 e. The maximum atomic E-state index is 9.34. The van der Waals surface area contributed by atoms with Crippen LogP contribution in [0.5, 0.6) is 0 Å². The molecule has 1 saturated heterocycles. The summed E-state index contributed by atoms with van der Waals surface area (Å²) in [5.74, 6) is 0. The first-order valence-electron chi connectivity index (χ1n) is 5.25. The third-order valence-electron chi connectivity index (χ3n) is 2.98. The van der Waals surface area contributed by atoms with Crippen molar-refractivity contribution >= 4 is 0 Å². The molecule has 84 valence electrons. The molecule has 0 bridgehead atoms. The summed E-state index contributed by atoms with van der Waals surface area (Å²) in [5, 5.41) is 9.34. The van der Waals surface area contributed by atoms with Crippen molar-refractivity contribution in [3.63, 3.8) is 0 Å². The van der Waals surface area contributed by atoms with Gasteiger partial charge in [0.2, 0.25) is 0 Å². The van der Waals surface area contributed by atoms with Crippen LogP contribution < -0.4 is 0 Å². The molecule has 16 heavy (non-hydrogen) atoms. The SMILES string of the molecule is CN(C)C(c1cccnc1)C1(C#N)COC1. The summed E-state index contributed by atoms with van der Waals surface area (Å²) >= 11 is 0. The van der Waals surface area contributed by atoms with E-state index in [1.165, 1.54) is 0 Å².